The first-order valence-electron chi connectivity index (χ1n) is 5.43. The van der Waals surface area contributed by atoms with E-state index in [1.165, 1.54) is 11.8 Å². The van der Waals surface area contributed by atoms with Crippen molar-refractivity contribution in [2.24, 2.45) is 5.84 Å². The maximum atomic E-state index is 11.9. The van der Waals surface area contributed by atoms with Crippen LogP contribution in [0.2, 0.25) is 0 Å². The quantitative estimate of drug-likeness (QED) is 0.578. The Kier molecular flexibility index (Phi) is 3.91. The number of hydrazine groups is 1. The lowest BCUT2D eigenvalue weighted by Crippen LogP contribution is -2.23. The zero-order valence-electron chi connectivity index (χ0n) is 9.93. The van der Waals surface area contributed by atoms with E-state index in [-0.39, 0.29) is 5.91 Å². The van der Waals surface area contributed by atoms with Gasteiger partial charge in [-0.25, -0.2) is 10.8 Å². The van der Waals surface area contributed by atoms with Crippen LogP contribution in [-0.2, 0) is 6.54 Å². The van der Waals surface area contributed by atoms with Crippen LogP contribution in [0.4, 0.5) is 5.82 Å². The second-order valence-corrected chi connectivity index (χ2v) is 4.58. The fourth-order valence-electron chi connectivity index (χ4n) is 1.46. The molecule has 0 unspecified atom stereocenters. The lowest BCUT2D eigenvalue weighted by molar-refractivity contribution is 0.0950. The van der Waals surface area contributed by atoms with Gasteiger partial charge in [-0.05, 0) is 40.9 Å². The number of hydrogen-bond acceptors (Lipinski definition) is 5. The van der Waals surface area contributed by atoms with Crippen LogP contribution in [-0.4, -0.2) is 10.9 Å². The number of nitrogen functional groups attached to an aromatic ring is 1. The summed E-state index contributed by atoms with van der Waals surface area (Å²) in [5.41, 5.74) is 5.26. The number of hydrogen-bond donors (Lipinski definition) is 3. The molecule has 0 aliphatic heterocycles. The molecule has 0 spiro atoms. The highest BCUT2D eigenvalue weighted by atomic mass is 32.1. The van der Waals surface area contributed by atoms with Gasteiger partial charge in [0.1, 0.15) is 5.82 Å². The van der Waals surface area contributed by atoms with Crippen LogP contribution in [0.25, 0.3) is 0 Å². The molecule has 2 aromatic heterocycles. The first-order chi connectivity index (χ1) is 8.70. The summed E-state index contributed by atoms with van der Waals surface area (Å²) >= 11 is 1.63. The lowest BCUT2D eigenvalue weighted by Gasteiger charge is -2.05. The van der Waals surface area contributed by atoms with Crippen molar-refractivity contribution in [1.29, 1.82) is 0 Å². The molecule has 2 heterocycles. The second kappa shape index (κ2) is 5.61. The second-order valence-electron chi connectivity index (χ2n) is 3.84. The number of nitrogens with one attached hydrogen (secondary N) is 2. The zero-order chi connectivity index (χ0) is 13.0. The highest BCUT2D eigenvalue weighted by Crippen LogP contribution is 2.13. The van der Waals surface area contributed by atoms with Crippen LogP contribution in [0.1, 0.15) is 21.5 Å². The van der Waals surface area contributed by atoms with Gasteiger partial charge in [0.25, 0.3) is 5.91 Å². The van der Waals surface area contributed by atoms with Gasteiger partial charge in [-0.3, -0.25) is 4.79 Å². The SMILES string of the molecule is Cc1cscc1CNC(=O)c1ccc(NN)nc1. The van der Waals surface area contributed by atoms with E-state index in [2.05, 4.69) is 21.1 Å². The molecule has 94 valence electrons. The van der Waals surface area contributed by atoms with Gasteiger partial charge in [0, 0.05) is 12.7 Å². The molecule has 4 N–H and O–H groups in total. The molecular formula is C12H14N4OS. The molecule has 18 heavy (non-hydrogen) atoms. The van der Waals surface area contributed by atoms with Gasteiger partial charge in [-0.2, -0.15) is 11.3 Å². The van der Waals surface area contributed by atoms with E-state index in [1.54, 1.807) is 23.5 Å². The Morgan fingerprint density at radius 3 is 2.83 bits per heavy atom. The van der Waals surface area contributed by atoms with Crippen LogP contribution in [0, 0.1) is 6.92 Å². The Morgan fingerprint density at radius 2 is 2.28 bits per heavy atom. The van der Waals surface area contributed by atoms with Crippen LogP contribution in [0.5, 0.6) is 0 Å². The predicted molar refractivity (Wildman–Crippen MR) is 72.3 cm³/mol. The number of aromatic nitrogens is 1. The third-order valence-electron chi connectivity index (χ3n) is 2.57. The van der Waals surface area contributed by atoms with E-state index in [0.29, 0.717) is 17.9 Å². The third-order valence-corrected chi connectivity index (χ3v) is 3.48. The molecule has 6 heteroatoms. The van der Waals surface area contributed by atoms with Gasteiger partial charge in [0.05, 0.1) is 5.56 Å². The first kappa shape index (κ1) is 12.5. The first-order valence-corrected chi connectivity index (χ1v) is 6.37. The topological polar surface area (TPSA) is 80.0 Å². The molecule has 0 aromatic carbocycles. The van der Waals surface area contributed by atoms with Crippen LogP contribution < -0.4 is 16.6 Å². The van der Waals surface area contributed by atoms with Crippen molar-refractivity contribution >= 4 is 23.1 Å². The molecule has 0 aliphatic carbocycles. The van der Waals surface area contributed by atoms with Crippen LogP contribution >= 0.6 is 11.3 Å². The summed E-state index contributed by atoms with van der Waals surface area (Å²) in [4.78, 5) is 15.8. The van der Waals surface area contributed by atoms with Gasteiger partial charge in [0.2, 0.25) is 0 Å². The minimum Gasteiger partial charge on any atom is -0.348 e. The largest absolute Gasteiger partial charge is 0.348 e. The average Bonchev–Trinajstić information content (AvgIpc) is 2.81. The third kappa shape index (κ3) is 2.85. The number of carbonyl (C=O) groups is 1. The van der Waals surface area contributed by atoms with Gasteiger partial charge < -0.3 is 10.7 Å². The van der Waals surface area contributed by atoms with Gasteiger partial charge in [-0.15, -0.1) is 0 Å². The minimum atomic E-state index is -0.142. The molecule has 1 amide bonds. The number of nitrogens with two attached hydrogens (primary N) is 1. The summed E-state index contributed by atoms with van der Waals surface area (Å²) in [7, 11) is 0. The van der Waals surface area contributed by atoms with Crippen LogP contribution in [0.3, 0.4) is 0 Å². The van der Waals surface area contributed by atoms with E-state index < -0.39 is 0 Å². The zero-order valence-corrected chi connectivity index (χ0v) is 10.8. The van der Waals surface area contributed by atoms with Crippen molar-refractivity contribution < 1.29 is 4.79 Å². The van der Waals surface area contributed by atoms with E-state index >= 15 is 0 Å². The molecule has 0 aliphatic rings. The maximum Gasteiger partial charge on any atom is 0.253 e. The number of carbonyl (C=O) groups excluding carboxylic acids is 1. The summed E-state index contributed by atoms with van der Waals surface area (Å²) in [6, 6.07) is 3.34. The number of rotatable bonds is 4. The standard InChI is InChI=1S/C12H14N4OS/c1-8-6-18-7-10(8)5-15-12(17)9-2-3-11(16-13)14-4-9/h2-4,6-7H,5,13H2,1H3,(H,14,16)(H,15,17). The molecule has 0 atom stereocenters. The summed E-state index contributed by atoms with van der Waals surface area (Å²) in [6.07, 6.45) is 1.49. The maximum absolute atomic E-state index is 11.9. The van der Waals surface area contributed by atoms with E-state index in [0.717, 1.165) is 5.56 Å². The number of anilines is 1. The van der Waals surface area contributed by atoms with Crippen molar-refractivity contribution in [3.63, 3.8) is 0 Å². The Morgan fingerprint density at radius 1 is 1.44 bits per heavy atom. The summed E-state index contributed by atoms with van der Waals surface area (Å²) in [5, 5.41) is 6.95. The van der Waals surface area contributed by atoms with Crippen molar-refractivity contribution in [3.05, 3.63) is 45.8 Å². The Hall–Kier alpha value is -1.92. The predicted octanol–water partition coefficient (Wildman–Crippen LogP) is 1.67. The van der Waals surface area contributed by atoms with Gasteiger partial charge in [-0.1, -0.05) is 0 Å². The Bertz CT molecular complexity index is 535. The van der Waals surface area contributed by atoms with Crippen LogP contribution in [0.15, 0.2) is 29.1 Å². The molecular weight excluding hydrogens is 248 g/mol. The Balaban J connectivity index is 1.97. The minimum absolute atomic E-state index is 0.142. The van der Waals surface area contributed by atoms with Crippen molar-refractivity contribution in [1.82, 2.24) is 10.3 Å². The molecule has 0 saturated carbocycles. The number of pyridine rings is 1. The highest BCUT2D eigenvalue weighted by molar-refractivity contribution is 7.08. The molecule has 0 fully saturated rings. The summed E-state index contributed by atoms with van der Waals surface area (Å²) in [6.45, 7) is 2.56. The van der Waals surface area contributed by atoms with Crippen molar-refractivity contribution in [2.45, 2.75) is 13.5 Å². The van der Waals surface area contributed by atoms with Crippen molar-refractivity contribution in [3.8, 4) is 0 Å². The molecule has 2 rings (SSSR count). The highest BCUT2D eigenvalue weighted by Gasteiger charge is 2.07. The monoisotopic (exact) mass is 262 g/mol. The number of amides is 1. The smallest absolute Gasteiger partial charge is 0.253 e. The van der Waals surface area contributed by atoms with E-state index in [9.17, 15) is 4.79 Å². The van der Waals surface area contributed by atoms with E-state index in [4.69, 9.17) is 5.84 Å². The molecule has 2 aromatic rings. The number of thiophene rings is 1. The normalized spacial score (nSPS) is 10.1. The molecule has 0 bridgehead atoms. The molecule has 5 nitrogen and oxygen atoms in total. The lowest BCUT2D eigenvalue weighted by atomic mass is 10.2. The number of aryl methyl sites for hydroxylation is 1. The summed E-state index contributed by atoms with van der Waals surface area (Å²) < 4.78 is 0. The fraction of sp³-hybridized carbons (Fsp3) is 0.167. The molecule has 0 radical (unpaired) electrons. The van der Waals surface area contributed by atoms with Crippen molar-refractivity contribution in [2.75, 3.05) is 5.43 Å². The Labute approximate surface area is 109 Å². The summed E-state index contributed by atoms with van der Waals surface area (Å²) in [5.74, 6) is 5.59. The average molecular weight is 262 g/mol. The van der Waals surface area contributed by atoms with Gasteiger partial charge in [0.15, 0.2) is 0 Å². The van der Waals surface area contributed by atoms with E-state index in [1.807, 2.05) is 12.3 Å². The number of nitrogens with zero attached hydrogens (tertiary/aromatic N) is 1. The van der Waals surface area contributed by atoms with Gasteiger partial charge >= 0.3 is 0 Å². The molecule has 0 saturated heterocycles. The fourth-order valence-corrected chi connectivity index (χ4v) is 2.32.